The predicted octanol–water partition coefficient (Wildman–Crippen LogP) is 0.997. The Hall–Kier alpha value is -1.03. The highest BCUT2D eigenvalue weighted by Crippen LogP contribution is 2.23. The Bertz CT molecular complexity index is 320. The first-order valence-corrected chi connectivity index (χ1v) is 5.63. The third-order valence-electron chi connectivity index (χ3n) is 3.31. The first-order valence-electron chi connectivity index (χ1n) is 5.63. The zero-order valence-electron chi connectivity index (χ0n) is 9.77. The minimum atomic E-state index is 0.598. The highest BCUT2D eigenvalue weighted by molar-refractivity contribution is 5.44. The average Bonchev–Trinajstić information content (AvgIpc) is 2.64. The van der Waals surface area contributed by atoms with E-state index in [0.29, 0.717) is 12.1 Å². The Morgan fingerprint density at radius 1 is 1.53 bits per heavy atom. The number of hydrogen-bond acceptors (Lipinski definition) is 3. The van der Waals surface area contributed by atoms with Crippen LogP contribution in [-0.4, -0.2) is 35.5 Å². The summed E-state index contributed by atoms with van der Waals surface area (Å²) in [6, 6.07) is 1.27. The molecule has 0 spiro atoms. The van der Waals surface area contributed by atoms with E-state index >= 15 is 0 Å². The van der Waals surface area contributed by atoms with Crippen molar-refractivity contribution >= 4 is 5.69 Å². The normalized spacial score (nSPS) is 27.0. The molecule has 2 unspecified atom stereocenters. The van der Waals surface area contributed by atoms with Gasteiger partial charge in [0.05, 0.1) is 11.9 Å². The van der Waals surface area contributed by atoms with Crippen LogP contribution in [0.2, 0.25) is 0 Å². The van der Waals surface area contributed by atoms with E-state index in [1.807, 2.05) is 17.9 Å². The average molecular weight is 208 g/mol. The third kappa shape index (κ3) is 2.15. The molecule has 0 aliphatic carbocycles. The molecule has 4 nitrogen and oxygen atoms in total. The summed E-state index contributed by atoms with van der Waals surface area (Å²) >= 11 is 0. The molecule has 0 radical (unpaired) electrons. The lowest BCUT2D eigenvalue weighted by Crippen LogP contribution is -2.46. The second-order valence-electron chi connectivity index (χ2n) is 4.42. The van der Waals surface area contributed by atoms with Crippen LogP contribution in [0.15, 0.2) is 12.4 Å². The molecule has 1 N–H and O–H groups in total. The number of anilines is 1. The number of nitrogens with zero attached hydrogens (tertiary/aromatic N) is 3. The van der Waals surface area contributed by atoms with Crippen molar-refractivity contribution in [3.05, 3.63) is 12.4 Å². The van der Waals surface area contributed by atoms with Crippen LogP contribution in [-0.2, 0) is 7.05 Å². The zero-order valence-corrected chi connectivity index (χ0v) is 9.77. The number of piperidine rings is 1. The molecule has 2 atom stereocenters. The summed E-state index contributed by atoms with van der Waals surface area (Å²) in [4.78, 5) is 2.45. The molecule has 2 heterocycles. The fraction of sp³-hybridized carbons (Fsp3) is 0.727. The second-order valence-corrected chi connectivity index (χ2v) is 4.42. The van der Waals surface area contributed by atoms with E-state index in [0.717, 1.165) is 6.54 Å². The number of rotatable bonds is 2. The topological polar surface area (TPSA) is 33.1 Å². The summed E-state index contributed by atoms with van der Waals surface area (Å²) in [6.07, 6.45) is 6.48. The van der Waals surface area contributed by atoms with Gasteiger partial charge in [0, 0.05) is 31.9 Å². The smallest absolute Gasteiger partial charge is 0.0754 e. The van der Waals surface area contributed by atoms with Gasteiger partial charge in [-0.1, -0.05) is 0 Å². The Kier molecular flexibility index (Phi) is 2.95. The van der Waals surface area contributed by atoms with Gasteiger partial charge in [-0.3, -0.25) is 4.68 Å². The predicted molar refractivity (Wildman–Crippen MR) is 62.1 cm³/mol. The van der Waals surface area contributed by atoms with Gasteiger partial charge in [-0.05, 0) is 26.8 Å². The molecule has 1 aromatic rings. The first kappa shape index (κ1) is 10.5. The first-order chi connectivity index (χ1) is 7.20. The summed E-state index contributed by atoms with van der Waals surface area (Å²) in [7, 11) is 4.02. The van der Waals surface area contributed by atoms with Crippen LogP contribution in [0.3, 0.4) is 0 Å². The van der Waals surface area contributed by atoms with Crippen LogP contribution in [0.5, 0.6) is 0 Å². The molecule has 15 heavy (non-hydrogen) atoms. The van der Waals surface area contributed by atoms with E-state index in [-0.39, 0.29) is 0 Å². The van der Waals surface area contributed by atoms with E-state index in [9.17, 15) is 0 Å². The van der Waals surface area contributed by atoms with Crippen LogP contribution in [0.4, 0.5) is 5.69 Å². The Morgan fingerprint density at radius 2 is 2.33 bits per heavy atom. The molecule has 4 heteroatoms. The summed E-state index contributed by atoms with van der Waals surface area (Å²) in [5.74, 6) is 0. The lowest BCUT2D eigenvalue weighted by molar-refractivity contribution is 0.387. The van der Waals surface area contributed by atoms with Gasteiger partial charge in [0.1, 0.15) is 0 Å². The van der Waals surface area contributed by atoms with Gasteiger partial charge in [0.25, 0.3) is 0 Å². The van der Waals surface area contributed by atoms with E-state index < -0.39 is 0 Å². The molecule has 84 valence electrons. The Morgan fingerprint density at radius 3 is 2.87 bits per heavy atom. The number of nitrogens with one attached hydrogen (secondary N) is 1. The van der Waals surface area contributed by atoms with E-state index in [4.69, 9.17) is 0 Å². The SMILES string of the molecule is CNC1CCN(c2cnn(C)c2)C(C)C1. The van der Waals surface area contributed by atoms with E-state index in [2.05, 4.69) is 35.5 Å². The van der Waals surface area contributed by atoms with Gasteiger partial charge in [0.15, 0.2) is 0 Å². The monoisotopic (exact) mass is 208 g/mol. The van der Waals surface area contributed by atoms with Gasteiger partial charge < -0.3 is 10.2 Å². The minimum Gasteiger partial charge on any atom is -0.366 e. The molecule has 0 saturated carbocycles. The summed E-state index contributed by atoms with van der Waals surface area (Å²) in [5.41, 5.74) is 1.25. The maximum Gasteiger partial charge on any atom is 0.0754 e. The minimum absolute atomic E-state index is 0.598. The van der Waals surface area contributed by atoms with Crippen LogP contribution >= 0.6 is 0 Å². The third-order valence-corrected chi connectivity index (χ3v) is 3.31. The van der Waals surface area contributed by atoms with E-state index in [1.54, 1.807) is 0 Å². The molecule has 1 aromatic heterocycles. The molecule has 0 bridgehead atoms. The van der Waals surface area contributed by atoms with Crippen molar-refractivity contribution < 1.29 is 0 Å². The Labute approximate surface area is 91.3 Å². The van der Waals surface area contributed by atoms with Crippen LogP contribution in [0.25, 0.3) is 0 Å². The van der Waals surface area contributed by atoms with Crippen molar-refractivity contribution in [3.63, 3.8) is 0 Å². The molecule has 1 saturated heterocycles. The fourth-order valence-corrected chi connectivity index (χ4v) is 2.37. The standard InChI is InChI=1S/C11H20N4/c1-9-6-10(12-2)4-5-15(9)11-7-13-14(3)8-11/h7-10,12H,4-6H2,1-3H3. The molecule has 0 aromatic carbocycles. The largest absolute Gasteiger partial charge is 0.366 e. The molecule has 1 aliphatic heterocycles. The maximum absolute atomic E-state index is 4.22. The lowest BCUT2D eigenvalue weighted by atomic mass is 9.98. The van der Waals surface area contributed by atoms with Crippen molar-refractivity contribution in [2.75, 3.05) is 18.5 Å². The van der Waals surface area contributed by atoms with Gasteiger partial charge in [-0.15, -0.1) is 0 Å². The van der Waals surface area contributed by atoms with Crippen molar-refractivity contribution in [2.24, 2.45) is 7.05 Å². The van der Waals surface area contributed by atoms with Crippen LogP contribution < -0.4 is 10.2 Å². The van der Waals surface area contributed by atoms with Crippen LogP contribution in [0, 0.1) is 0 Å². The summed E-state index contributed by atoms with van der Waals surface area (Å²) in [5, 5.41) is 7.59. The molecule has 1 aliphatic rings. The molecule has 0 amide bonds. The van der Waals surface area contributed by atoms with Gasteiger partial charge in [0.2, 0.25) is 0 Å². The number of aromatic nitrogens is 2. The van der Waals surface area contributed by atoms with Crippen molar-refractivity contribution in [1.29, 1.82) is 0 Å². The van der Waals surface area contributed by atoms with Crippen molar-refractivity contribution in [3.8, 4) is 0 Å². The molecular formula is C11H20N4. The zero-order chi connectivity index (χ0) is 10.8. The highest BCUT2D eigenvalue weighted by atomic mass is 15.3. The molecule has 1 fully saturated rings. The number of hydrogen-bond donors (Lipinski definition) is 1. The van der Waals surface area contributed by atoms with E-state index in [1.165, 1.54) is 18.5 Å². The van der Waals surface area contributed by atoms with Gasteiger partial charge in [-0.2, -0.15) is 5.10 Å². The Balaban J connectivity index is 2.05. The van der Waals surface area contributed by atoms with Crippen molar-refractivity contribution in [1.82, 2.24) is 15.1 Å². The van der Waals surface area contributed by atoms with Crippen molar-refractivity contribution in [2.45, 2.75) is 31.8 Å². The lowest BCUT2D eigenvalue weighted by Gasteiger charge is -2.38. The molecule has 2 rings (SSSR count). The quantitative estimate of drug-likeness (QED) is 0.787. The highest BCUT2D eigenvalue weighted by Gasteiger charge is 2.25. The number of aryl methyl sites for hydroxylation is 1. The summed E-state index contributed by atoms with van der Waals surface area (Å²) in [6.45, 7) is 3.41. The maximum atomic E-state index is 4.22. The molecular weight excluding hydrogens is 188 g/mol. The van der Waals surface area contributed by atoms with Gasteiger partial charge in [-0.25, -0.2) is 0 Å². The van der Waals surface area contributed by atoms with Crippen LogP contribution in [0.1, 0.15) is 19.8 Å². The van der Waals surface area contributed by atoms with Gasteiger partial charge >= 0.3 is 0 Å². The second kappa shape index (κ2) is 4.23. The fourth-order valence-electron chi connectivity index (χ4n) is 2.37. The summed E-state index contributed by atoms with van der Waals surface area (Å²) < 4.78 is 1.87.